The van der Waals surface area contributed by atoms with Crippen molar-refractivity contribution < 1.29 is 9.15 Å². The number of pyridine rings is 1. The molecule has 0 spiro atoms. The standard InChI is InChI=1S/C20H17N3O2/c1-13-6-7-19(24-13)16-12-17-15-4-2-3-5-18(15)25-20(23(17)22-16)14-8-10-21-11-9-14/h2-11,17,20H,12H2,1H3/t17-,20-/m1/s1. The number of ether oxygens (including phenoxy) is 1. The number of hydrogen-bond acceptors (Lipinski definition) is 5. The van der Waals surface area contributed by atoms with E-state index in [1.54, 1.807) is 12.4 Å². The van der Waals surface area contributed by atoms with Gasteiger partial charge in [-0.05, 0) is 37.3 Å². The number of hydrazone groups is 1. The van der Waals surface area contributed by atoms with E-state index in [0.717, 1.165) is 40.5 Å². The molecule has 5 rings (SSSR count). The Labute approximate surface area is 145 Å². The summed E-state index contributed by atoms with van der Waals surface area (Å²) in [4.78, 5) is 4.11. The Morgan fingerprint density at radius 3 is 2.68 bits per heavy atom. The Morgan fingerprint density at radius 2 is 1.88 bits per heavy atom. The number of fused-ring (bicyclic) bond motifs is 3. The van der Waals surface area contributed by atoms with Gasteiger partial charge in [-0.25, -0.2) is 5.01 Å². The topological polar surface area (TPSA) is 50.9 Å². The number of benzene rings is 1. The summed E-state index contributed by atoms with van der Waals surface area (Å²) >= 11 is 0. The van der Waals surface area contributed by atoms with Gasteiger partial charge in [0.15, 0.2) is 0 Å². The number of nitrogens with zero attached hydrogens (tertiary/aromatic N) is 3. The summed E-state index contributed by atoms with van der Waals surface area (Å²) in [6.07, 6.45) is 4.10. The molecule has 5 heteroatoms. The Balaban J connectivity index is 1.60. The van der Waals surface area contributed by atoms with Gasteiger partial charge in [0.1, 0.15) is 23.0 Å². The highest BCUT2D eigenvalue weighted by molar-refractivity contribution is 5.99. The van der Waals surface area contributed by atoms with E-state index in [0.29, 0.717) is 0 Å². The van der Waals surface area contributed by atoms with Crippen LogP contribution in [0.2, 0.25) is 0 Å². The molecule has 2 aliphatic heterocycles. The maximum atomic E-state index is 6.28. The Kier molecular flexibility index (Phi) is 3.13. The lowest BCUT2D eigenvalue weighted by atomic mass is 9.98. The van der Waals surface area contributed by atoms with Crippen LogP contribution in [0, 0.1) is 6.92 Å². The average Bonchev–Trinajstić information content (AvgIpc) is 3.28. The monoisotopic (exact) mass is 331 g/mol. The van der Waals surface area contributed by atoms with E-state index in [4.69, 9.17) is 14.3 Å². The van der Waals surface area contributed by atoms with Gasteiger partial charge in [0.2, 0.25) is 6.23 Å². The molecular weight excluding hydrogens is 314 g/mol. The molecule has 0 aliphatic carbocycles. The maximum Gasteiger partial charge on any atom is 0.213 e. The molecule has 0 radical (unpaired) electrons. The van der Waals surface area contributed by atoms with Gasteiger partial charge in [-0.3, -0.25) is 4.98 Å². The molecule has 0 unspecified atom stereocenters. The molecule has 4 heterocycles. The summed E-state index contributed by atoms with van der Waals surface area (Å²) in [5, 5.41) is 6.91. The molecule has 0 amide bonds. The number of para-hydroxylation sites is 1. The minimum atomic E-state index is -0.267. The second-order valence-electron chi connectivity index (χ2n) is 6.35. The van der Waals surface area contributed by atoms with Crippen molar-refractivity contribution in [2.75, 3.05) is 0 Å². The molecule has 0 bridgehead atoms. The number of furan rings is 1. The van der Waals surface area contributed by atoms with Gasteiger partial charge in [0.05, 0.1) is 6.04 Å². The molecule has 0 saturated heterocycles. The van der Waals surface area contributed by atoms with E-state index >= 15 is 0 Å². The largest absolute Gasteiger partial charge is 0.464 e. The quantitative estimate of drug-likeness (QED) is 0.705. The highest BCUT2D eigenvalue weighted by Crippen LogP contribution is 2.47. The number of aryl methyl sites for hydroxylation is 1. The van der Waals surface area contributed by atoms with Gasteiger partial charge in [-0.15, -0.1) is 0 Å². The van der Waals surface area contributed by atoms with E-state index in [1.165, 1.54) is 0 Å². The van der Waals surface area contributed by atoms with Crippen molar-refractivity contribution in [3.05, 3.63) is 83.6 Å². The molecular formula is C20H17N3O2. The highest BCUT2D eigenvalue weighted by Gasteiger charge is 2.41. The van der Waals surface area contributed by atoms with Crippen LogP contribution >= 0.6 is 0 Å². The number of rotatable bonds is 2. The van der Waals surface area contributed by atoms with Crippen LogP contribution in [0.25, 0.3) is 0 Å². The van der Waals surface area contributed by atoms with Crippen molar-refractivity contribution in [2.45, 2.75) is 25.6 Å². The van der Waals surface area contributed by atoms with Crippen molar-refractivity contribution >= 4 is 5.71 Å². The molecule has 2 aromatic heterocycles. The Hall–Kier alpha value is -3.08. The van der Waals surface area contributed by atoms with Crippen LogP contribution in [0.1, 0.15) is 41.3 Å². The zero-order valence-corrected chi connectivity index (χ0v) is 13.8. The first-order valence-corrected chi connectivity index (χ1v) is 8.38. The van der Waals surface area contributed by atoms with Crippen LogP contribution in [0.3, 0.4) is 0 Å². The third kappa shape index (κ3) is 2.31. The average molecular weight is 331 g/mol. The van der Waals surface area contributed by atoms with Gasteiger partial charge in [0.25, 0.3) is 0 Å². The van der Waals surface area contributed by atoms with Crippen LogP contribution in [-0.2, 0) is 0 Å². The highest BCUT2D eigenvalue weighted by atomic mass is 16.5. The van der Waals surface area contributed by atoms with Gasteiger partial charge >= 0.3 is 0 Å². The maximum absolute atomic E-state index is 6.28. The third-order valence-electron chi connectivity index (χ3n) is 4.72. The van der Waals surface area contributed by atoms with E-state index in [2.05, 4.69) is 11.1 Å². The second kappa shape index (κ2) is 5.48. The fourth-order valence-corrected chi connectivity index (χ4v) is 3.52. The summed E-state index contributed by atoms with van der Waals surface area (Å²) in [5.74, 6) is 2.64. The minimum absolute atomic E-state index is 0.142. The van der Waals surface area contributed by atoms with Crippen LogP contribution < -0.4 is 4.74 Å². The van der Waals surface area contributed by atoms with E-state index < -0.39 is 0 Å². The fraction of sp³-hybridized carbons (Fsp3) is 0.200. The summed E-state index contributed by atoms with van der Waals surface area (Å²) < 4.78 is 12.1. The first-order chi connectivity index (χ1) is 12.3. The summed E-state index contributed by atoms with van der Waals surface area (Å²) in [5.41, 5.74) is 3.16. The van der Waals surface area contributed by atoms with Crippen molar-refractivity contribution in [3.8, 4) is 5.75 Å². The Morgan fingerprint density at radius 1 is 1.04 bits per heavy atom. The molecule has 0 saturated carbocycles. The third-order valence-corrected chi connectivity index (χ3v) is 4.72. The minimum Gasteiger partial charge on any atom is -0.464 e. The zero-order chi connectivity index (χ0) is 16.8. The van der Waals surface area contributed by atoms with Crippen LogP contribution in [0.5, 0.6) is 5.75 Å². The molecule has 2 atom stereocenters. The molecule has 5 nitrogen and oxygen atoms in total. The summed E-state index contributed by atoms with van der Waals surface area (Å²) in [6, 6.07) is 16.2. The predicted octanol–water partition coefficient (Wildman–Crippen LogP) is 4.23. The first kappa shape index (κ1) is 14.3. The molecule has 0 fully saturated rings. The fourth-order valence-electron chi connectivity index (χ4n) is 3.52. The smallest absolute Gasteiger partial charge is 0.213 e. The van der Waals surface area contributed by atoms with Gasteiger partial charge in [0, 0.05) is 29.9 Å². The van der Waals surface area contributed by atoms with E-state index in [9.17, 15) is 0 Å². The first-order valence-electron chi connectivity index (χ1n) is 8.38. The van der Waals surface area contributed by atoms with Gasteiger partial charge in [-0.2, -0.15) is 5.10 Å². The second-order valence-corrected chi connectivity index (χ2v) is 6.35. The number of aromatic nitrogens is 1. The summed E-state index contributed by atoms with van der Waals surface area (Å²) in [6.45, 7) is 1.95. The van der Waals surface area contributed by atoms with Crippen molar-refractivity contribution in [1.29, 1.82) is 0 Å². The van der Waals surface area contributed by atoms with Gasteiger partial charge in [-0.1, -0.05) is 18.2 Å². The zero-order valence-electron chi connectivity index (χ0n) is 13.8. The van der Waals surface area contributed by atoms with Gasteiger partial charge < -0.3 is 9.15 Å². The van der Waals surface area contributed by atoms with E-state index in [-0.39, 0.29) is 12.3 Å². The lowest BCUT2D eigenvalue weighted by molar-refractivity contribution is -0.0190. The van der Waals surface area contributed by atoms with Crippen molar-refractivity contribution in [2.24, 2.45) is 5.10 Å². The van der Waals surface area contributed by atoms with E-state index in [1.807, 2.05) is 54.4 Å². The lowest BCUT2D eigenvalue weighted by Gasteiger charge is -2.38. The SMILES string of the molecule is Cc1ccc(C2=NN3[C@H](C2)c2ccccc2O[C@@H]3c2ccncc2)o1. The predicted molar refractivity (Wildman–Crippen MR) is 93.2 cm³/mol. The molecule has 124 valence electrons. The van der Waals surface area contributed by atoms with Crippen LogP contribution in [-0.4, -0.2) is 15.7 Å². The molecule has 25 heavy (non-hydrogen) atoms. The van der Waals surface area contributed by atoms with Crippen LogP contribution in [0.15, 0.2) is 70.4 Å². The molecule has 3 aromatic rings. The molecule has 0 N–H and O–H groups in total. The normalized spacial score (nSPS) is 21.3. The van der Waals surface area contributed by atoms with Crippen molar-refractivity contribution in [1.82, 2.24) is 9.99 Å². The van der Waals surface area contributed by atoms with Crippen molar-refractivity contribution in [3.63, 3.8) is 0 Å². The van der Waals surface area contributed by atoms with Crippen LogP contribution in [0.4, 0.5) is 0 Å². The summed E-state index contributed by atoms with van der Waals surface area (Å²) in [7, 11) is 0. The Bertz CT molecular complexity index is 948. The molecule has 1 aromatic carbocycles. The molecule has 2 aliphatic rings. The number of hydrogen-bond donors (Lipinski definition) is 0. The lowest BCUT2D eigenvalue weighted by Crippen LogP contribution is -2.33.